The Morgan fingerprint density at radius 3 is 2.53 bits per heavy atom. The molecule has 0 radical (unpaired) electrons. The first-order valence-electron chi connectivity index (χ1n) is 5.88. The molecule has 1 aromatic carbocycles. The first-order valence-corrected chi connectivity index (χ1v) is 5.88. The molecule has 1 aromatic rings. The summed E-state index contributed by atoms with van der Waals surface area (Å²) in [5, 5.41) is 5.76. The number of benzene rings is 1. The van der Waals surface area contributed by atoms with Gasteiger partial charge in [-0.3, -0.25) is 0 Å². The molecule has 0 spiro atoms. The number of nitrogens with one attached hydrogen (secondary N) is 2. The lowest BCUT2D eigenvalue weighted by Crippen LogP contribution is -2.64. The van der Waals surface area contributed by atoms with Crippen molar-refractivity contribution >= 4 is 11.7 Å². The Bertz CT molecular complexity index is 402. The fourth-order valence-electron chi connectivity index (χ4n) is 2.05. The van der Waals surface area contributed by atoms with E-state index in [9.17, 15) is 4.79 Å². The summed E-state index contributed by atoms with van der Waals surface area (Å²) in [5.74, 6) is 0. The van der Waals surface area contributed by atoms with E-state index >= 15 is 0 Å². The molecule has 0 bridgehead atoms. The van der Waals surface area contributed by atoms with Gasteiger partial charge in [0.25, 0.3) is 0 Å². The first-order chi connectivity index (χ1) is 8.00. The lowest BCUT2D eigenvalue weighted by molar-refractivity contribution is 0.0815. The van der Waals surface area contributed by atoms with Crippen LogP contribution in [-0.4, -0.2) is 18.1 Å². The fraction of sp³-hybridized carbons (Fsp3) is 0.462. The maximum absolute atomic E-state index is 11.7. The van der Waals surface area contributed by atoms with Crippen LogP contribution in [0.4, 0.5) is 10.5 Å². The Hall–Kier alpha value is -1.55. The number of nitrogens with two attached hydrogens (primary N) is 1. The predicted molar refractivity (Wildman–Crippen MR) is 68.8 cm³/mol. The van der Waals surface area contributed by atoms with Gasteiger partial charge in [-0.15, -0.1) is 0 Å². The van der Waals surface area contributed by atoms with Gasteiger partial charge in [0.1, 0.15) is 0 Å². The van der Waals surface area contributed by atoms with Crippen LogP contribution in [0.15, 0.2) is 30.3 Å². The summed E-state index contributed by atoms with van der Waals surface area (Å²) in [4.78, 5) is 11.7. The number of hydrogen-bond donors (Lipinski definition) is 3. The van der Waals surface area contributed by atoms with E-state index < -0.39 is 0 Å². The van der Waals surface area contributed by atoms with Crippen molar-refractivity contribution in [3.8, 4) is 0 Å². The van der Waals surface area contributed by atoms with E-state index in [2.05, 4.69) is 24.5 Å². The van der Waals surface area contributed by atoms with Crippen molar-refractivity contribution in [3.05, 3.63) is 30.3 Å². The molecule has 2 amide bonds. The molecule has 0 aliphatic heterocycles. The maximum Gasteiger partial charge on any atom is 0.319 e. The molecule has 2 rings (SSSR count). The van der Waals surface area contributed by atoms with Crippen LogP contribution in [0, 0.1) is 5.41 Å². The normalized spacial score (nSPS) is 25.8. The summed E-state index contributed by atoms with van der Waals surface area (Å²) in [5.41, 5.74) is 6.68. The second-order valence-electron chi connectivity index (χ2n) is 5.18. The highest BCUT2D eigenvalue weighted by molar-refractivity contribution is 5.89. The van der Waals surface area contributed by atoms with Crippen LogP contribution >= 0.6 is 0 Å². The summed E-state index contributed by atoms with van der Waals surface area (Å²) in [6, 6.07) is 9.57. The third-order valence-corrected chi connectivity index (χ3v) is 3.68. The van der Waals surface area contributed by atoms with Crippen LogP contribution in [0.2, 0.25) is 0 Å². The number of hydrogen-bond acceptors (Lipinski definition) is 2. The smallest absolute Gasteiger partial charge is 0.319 e. The Kier molecular flexibility index (Phi) is 3.07. The van der Waals surface area contributed by atoms with Crippen molar-refractivity contribution in [2.75, 3.05) is 5.32 Å². The van der Waals surface area contributed by atoms with Gasteiger partial charge in [-0.2, -0.15) is 0 Å². The minimum atomic E-state index is -0.166. The lowest BCUT2D eigenvalue weighted by Gasteiger charge is -2.50. The number of urea groups is 1. The summed E-state index contributed by atoms with van der Waals surface area (Å²) in [7, 11) is 0. The Balaban J connectivity index is 1.87. The molecule has 0 aromatic heterocycles. The molecule has 17 heavy (non-hydrogen) atoms. The van der Waals surface area contributed by atoms with Gasteiger partial charge in [0.15, 0.2) is 0 Å². The fourth-order valence-corrected chi connectivity index (χ4v) is 2.05. The van der Waals surface area contributed by atoms with Gasteiger partial charge in [0.2, 0.25) is 0 Å². The van der Waals surface area contributed by atoms with E-state index in [1.165, 1.54) is 0 Å². The van der Waals surface area contributed by atoms with Crippen LogP contribution in [0.3, 0.4) is 0 Å². The Morgan fingerprint density at radius 2 is 2.00 bits per heavy atom. The number of amides is 2. The van der Waals surface area contributed by atoms with Crippen LogP contribution in [0.25, 0.3) is 0 Å². The predicted octanol–water partition coefficient (Wildman–Crippen LogP) is 1.93. The number of anilines is 1. The van der Waals surface area contributed by atoms with Crippen molar-refractivity contribution in [3.63, 3.8) is 0 Å². The average molecular weight is 233 g/mol. The number of carbonyl (C=O) groups excluding carboxylic acids is 1. The van der Waals surface area contributed by atoms with Gasteiger partial charge >= 0.3 is 6.03 Å². The second-order valence-corrected chi connectivity index (χ2v) is 5.18. The van der Waals surface area contributed by atoms with E-state index in [0.29, 0.717) is 0 Å². The second kappa shape index (κ2) is 4.37. The van der Waals surface area contributed by atoms with Crippen LogP contribution in [0.5, 0.6) is 0 Å². The van der Waals surface area contributed by atoms with Crippen LogP contribution in [-0.2, 0) is 0 Å². The van der Waals surface area contributed by atoms with Crippen molar-refractivity contribution in [1.82, 2.24) is 5.32 Å². The molecular weight excluding hydrogens is 214 g/mol. The first kappa shape index (κ1) is 11.9. The largest absolute Gasteiger partial charge is 0.334 e. The molecule has 1 saturated carbocycles. The summed E-state index contributed by atoms with van der Waals surface area (Å²) in [6.07, 6.45) is 0.842. The van der Waals surface area contributed by atoms with E-state index in [-0.39, 0.29) is 23.5 Å². The minimum Gasteiger partial charge on any atom is -0.334 e. The summed E-state index contributed by atoms with van der Waals surface area (Å²) in [6.45, 7) is 4.16. The highest BCUT2D eigenvalue weighted by Gasteiger charge is 2.46. The zero-order chi connectivity index (χ0) is 12.5. The molecule has 0 heterocycles. The monoisotopic (exact) mass is 233 g/mol. The van der Waals surface area contributed by atoms with Gasteiger partial charge in [-0.05, 0) is 18.6 Å². The molecule has 2 atom stereocenters. The quantitative estimate of drug-likeness (QED) is 0.730. The van der Waals surface area contributed by atoms with Gasteiger partial charge in [0.05, 0.1) is 0 Å². The maximum atomic E-state index is 11.7. The van der Waals surface area contributed by atoms with Crippen molar-refractivity contribution < 1.29 is 4.79 Å². The molecule has 1 fully saturated rings. The molecule has 1 aliphatic carbocycles. The van der Waals surface area contributed by atoms with E-state index in [1.807, 2.05) is 30.3 Å². The van der Waals surface area contributed by atoms with Crippen molar-refractivity contribution in [1.29, 1.82) is 0 Å². The van der Waals surface area contributed by atoms with E-state index in [4.69, 9.17) is 5.73 Å². The number of carbonyl (C=O) groups is 1. The van der Waals surface area contributed by atoms with Gasteiger partial charge < -0.3 is 16.4 Å². The summed E-state index contributed by atoms with van der Waals surface area (Å²) < 4.78 is 0. The molecule has 4 nitrogen and oxygen atoms in total. The Morgan fingerprint density at radius 1 is 1.35 bits per heavy atom. The minimum absolute atomic E-state index is 0.0198. The molecule has 4 heteroatoms. The number of para-hydroxylation sites is 1. The topological polar surface area (TPSA) is 67.1 Å². The van der Waals surface area contributed by atoms with Crippen LogP contribution < -0.4 is 16.4 Å². The third-order valence-electron chi connectivity index (χ3n) is 3.68. The summed E-state index contributed by atoms with van der Waals surface area (Å²) >= 11 is 0. The lowest BCUT2D eigenvalue weighted by atomic mass is 9.63. The number of rotatable bonds is 2. The SMILES string of the molecule is CC1(C)C(N)CC1NC(=O)Nc1ccccc1. The molecule has 92 valence electrons. The average Bonchev–Trinajstić information content (AvgIpc) is 2.30. The Labute approximate surface area is 102 Å². The van der Waals surface area contributed by atoms with Gasteiger partial charge in [-0.25, -0.2) is 4.79 Å². The van der Waals surface area contributed by atoms with Crippen LogP contribution in [0.1, 0.15) is 20.3 Å². The standard InChI is InChI=1S/C13H19N3O/c1-13(2)10(14)8-11(13)16-12(17)15-9-6-4-3-5-7-9/h3-7,10-11H,8,14H2,1-2H3,(H2,15,16,17). The van der Waals surface area contributed by atoms with E-state index in [0.717, 1.165) is 12.1 Å². The van der Waals surface area contributed by atoms with E-state index in [1.54, 1.807) is 0 Å². The molecular formula is C13H19N3O. The molecule has 4 N–H and O–H groups in total. The van der Waals surface area contributed by atoms with Gasteiger partial charge in [-0.1, -0.05) is 32.0 Å². The van der Waals surface area contributed by atoms with Crippen molar-refractivity contribution in [2.24, 2.45) is 11.1 Å². The molecule has 2 unspecified atom stereocenters. The zero-order valence-corrected chi connectivity index (χ0v) is 10.2. The highest BCUT2D eigenvalue weighted by atomic mass is 16.2. The molecule has 1 aliphatic rings. The highest BCUT2D eigenvalue weighted by Crippen LogP contribution is 2.38. The zero-order valence-electron chi connectivity index (χ0n) is 10.2. The van der Waals surface area contributed by atoms with Gasteiger partial charge in [0, 0.05) is 23.2 Å². The van der Waals surface area contributed by atoms with Crippen molar-refractivity contribution in [2.45, 2.75) is 32.4 Å². The molecule has 0 saturated heterocycles. The third kappa shape index (κ3) is 2.42.